The molecule has 1 aliphatic rings. The first-order valence-electron chi connectivity index (χ1n) is 6.60. The molecule has 1 N–H and O–H groups in total. The quantitative estimate of drug-likeness (QED) is 0.520. The molecule has 2 aromatic rings. The predicted octanol–water partition coefficient (Wildman–Crippen LogP) is 2.58. The highest BCUT2D eigenvalue weighted by atomic mass is 16.6. The summed E-state index contributed by atoms with van der Waals surface area (Å²) in [5.41, 5.74) is 1.03. The van der Waals surface area contributed by atoms with Gasteiger partial charge in [-0.25, -0.2) is 14.4 Å². The Morgan fingerprint density at radius 2 is 1.26 bits per heavy atom. The third kappa shape index (κ3) is 3.49. The Kier molecular flexibility index (Phi) is 4.66. The van der Waals surface area contributed by atoms with Gasteiger partial charge < -0.3 is 9.84 Å². The van der Waals surface area contributed by atoms with E-state index in [0.29, 0.717) is 11.1 Å². The van der Waals surface area contributed by atoms with Crippen molar-refractivity contribution in [2.24, 2.45) is 0 Å². The number of cyclic esters (lactones) is 2. The van der Waals surface area contributed by atoms with Crippen molar-refractivity contribution in [3.63, 3.8) is 0 Å². The molecule has 0 radical (unpaired) electrons. The number of carbonyl (C=O) groups excluding carboxylic acids is 3. The molecule has 0 saturated carbocycles. The Hall–Kier alpha value is -3.28. The number of aromatic carboxylic acids is 1. The first-order valence-corrected chi connectivity index (χ1v) is 6.60. The average molecular weight is 312 g/mol. The van der Waals surface area contributed by atoms with E-state index in [-0.39, 0.29) is 16.9 Å². The molecule has 3 rings (SSSR count). The summed E-state index contributed by atoms with van der Waals surface area (Å²) in [6.07, 6.45) is 0. The van der Waals surface area contributed by atoms with Gasteiger partial charge in [-0.2, -0.15) is 0 Å². The van der Waals surface area contributed by atoms with E-state index in [0.717, 1.165) is 0 Å². The van der Waals surface area contributed by atoms with Gasteiger partial charge >= 0.3 is 17.9 Å². The topological polar surface area (TPSA) is 97.7 Å². The smallest absolute Gasteiger partial charge is 0.346 e. The minimum atomic E-state index is -1.07. The summed E-state index contributed by atoms with van der Waals surface area (Å²) in [4.78, 5) is 43.1. The van der Waals surface area contributed by atoms with Gasteiger partial charge in [-0.15, -0.1) is 0 Å². The number of Topliss-reactive ketones (excluding diaryl/α,β-unsaturated/α-hetero) is 1. The van der Waals surface area contributed by atoms with Gasteiger partial charge in [-0.3, -0.25) is 4.79 Å². The summed E-state index contributed by atoms with van der Waals surface area (Å²) in [7, 11) is 0. The van der Waals surface area contributed by atoms with Crippen LogP contribution in [0.1, 0.15) is 48.4 Å². The standard InChI is InChI=1S/C9H8O3.C8H4O3/c1-6(10)7-4-2-3-5-8(7)9(11)12;9-7-5-3-1-2-4-6(5)8(10)11-7/h2-5H,1H3,(H,11,12);1-4H. The van der Waals surface area contributed by atoms with Crippen molar-refractivity contribution >= 4 is 23.7 Å². The largest absolute Gasteiger partial charge is 0.478 e. The predicted molar refractivity (Wildman–Crippen MR) is 79.6 cm³/mol. The van der Waals surface area contributed by atoms with Gasteiger partial charge in [0.05, 0.1) is 16.7 Å². The molecule has 0 aromatic heterocycles. The fourth-order valence-corrected chi connectivity index (χ4v) is 2.01. The highest BCUT2D eigenvalue weighted by molar-refractivity contribution is 6.14. The van der Waals surface area contributed by atoms with Crippen LogP contribution >= 0.6 is 0 Å². The molecule has 0 bridgehead atoms. The van der Waals surface area contributed by atoms with Crippen molar-refractivity contribution < 1.29 is 29.0 Å². The van der Waals surface area contributed by atoms with Crippen LogP contribution in [0.2, 0.25) is 0 Å². The van der Waals surface area contributed by atoms with Crippen molar-refractivity contribution in [2.45, 2.75) is 6.92 Å². The lowest BCUT2D eigenvalue weighted by Gasteiger charge is -1.99. The number of ketones is 1. The molecule has 6 nitrogen and oxygen atoms in total. The summed E-state index contributed by atoms with van der Waals surface area (Å²) in [5.74, 6) is -2.40. The lowest BCUT2D eigenvalue weighted by Crippen LogP contribution is -2.05. The summed E-state index contributed by atoms with van der Waals surface area (Å²) < 4.78 is 4.35. The summed E-state index contributed by atoms with van der Waals surface area (Å²) >= 11 is 0. The van der Waals surface area contributed by atoms with E-state index < -0.39 is 17.9 Å². The van der Waals surface area contributed by atoms with Gasteiger partial charge in [0.15, 0.2) is 5.78 Å². The minimum absolute atomic E-state index is 0.0602. The van der Waals surface area contributed by atoms with Gasteiger partial charge in [0, 0.05) is 5.56 Å². The molecule has 23 heavy (non-hydrogen) atoms. The van der Waals surface area contributed by atoms with E-state index in [9.17, 15) is 19.2 Å². The van der Waals surface area contributed by atoms with Gasteiger partial charge in [0.1, 0.15) is 0 Å². The van der Waals surface area contributed by atoms with Crippen LogP contribution in [-0.2, 0) is 4.74 Å². The molecule has 0 aliphatic carbocycles. The maximum atomic E-state index is 10.9. The fraction of sp³-hybridized carbons (Fsp3) is 0.0588. The van der Waals surface area contributed by atoms with Crippen LogP contribution in [0, 0.1) is 0 Å². The second-order valence-electron chi connectivity index (χ2n) is 4.63. The molecule has 1 aliphatic heterocycles. The van der Waals surface area contributed by atoms with Crippen LogP contribution in [-0.4, -0.2) is 28.8 Å². The summed E-state index contributed by atoms with van der Waals surface area (Å²) in [5, 5.41) is 8.66. The lowest BCUT2D eigenvalue weighted by atomic mass is 10.1. The fourth-order valence-electron chi connectivity index (χ4n) is 2.01. The number of hydrogen-bond acceptors (Lipinski definition) is 5. The Morgan fingerprint density at radius 1 is 0.826 bits per heavy atom. The molecule has 1 heterocycles. The number of esters is 2. The van der Waals surface area contributed by atoms with Gasteiger partial charge in [0.2, 0.25) is 0 Å². The lowest BCUT2D eigenvalue weighted by molar-refractivity contribution is 0.0443. The third-order valence-electron chi connectivity index (χ3n) is 3.09. The highest BCUT2D eigenvalue weighted by Crippen LogP contribution is 2.18. The number of benzene rings is 2. The number of fused-ring (bicyclic) bond motifs is 1. The molecular weight excluding hydrogens is 300 g/mol. The number of carbonyl (C=O) groups is 4. The Morgan fingerprint density at radius 3 is 1.65 bits per heavy atom. The first-order chi connectivity index (χ1) is 10.9. The highest BCUT2D eigenvalue weighted by Gasteiger charge is 2.28. The molecule has 0 fully saturated rings. The molecule has 2 aromatic carbocycles. The van der Waals surface area contributed by atoms with Crippen LogP contribution in [0.5, 0.6) is 0 Å². The van der Waals surface area contributed by atoms with E-state index in [4.69, 9.17) is 5.11 Å². The second-order valence-corrected chi connectivity index (χ2v) is 4.63. The zero-order chi connectivity index (χ0) is 17.0. The third-order valence-corrected chi connectivity index (χ3v) is 3.09. The molecule has 0 spiro atoms. The minimum Gasteiger partial charge on any atom is -0.478 e. The Labute approximate surface area is 131 Å². The summed E-state index contributed by atoms with van der Waals surface area (Å²) in [6, 6.07) is 12.7. The first kappa shape index (κ1) is 16.1. The van der Waals surface area contributed by atoms with Gasteiger partial charge in [-0.05, 0) is 25.1 Å². The molecule has 0 saturated heterocycles. The molecule has 6 heteroatoms. The van der Waals surface area contributed by atoms with E-state index in [2.05, 4.69) is 4.74 Å². The zero-order valence-corrected chi connectivity index (χ0v) is 12.1. The zero-order valence-electron chi connectivity index (χ0n) is 12.1. The van der Waals surface area contributed by atoms with Crippen LogP contribution in [0.3, 0.4) is 0 Å². The Balaban J connectivity index is 0.000000167. The molecule has 0 unspecified atom stereocenters. The van der Waals surface area contributed by atoms with Crippen molar-refractivity contribution in [2.75, 3.05) is 0 Å². The SMILES string of the molecule is CC(=O)c1ccccc1C(=O)O.O=C1OC(=O)c2ccccc21. The second kappa shape index (κ2) is 6.65. The van der Waals surface area contributed by atoms with Crippen LogP contribution in [0.4, 0.5) is 0 Å². The maximum absolute atomic E-state index is 10.9. The van der Waals surface area contributed by atoms with E-state index in [1.807, 2.05) is 0 Å². The number of carboxylic acid groups (broad SMARTS) is 1. The van der Waals surface area contributed by atoms with Crippen molar-refractivity contribution in [1.82, 2.24) is 0 Å². The molecule has 116 valence electrons. The van der Waals surface area contributed by atoms with E-state index in [1.54, 1.807) is 36.4 Å². The monoisotopic (exact) mass is 312 g/mol. The van der Waals surface area contributed by atoms with E-state index in [1.165, 1.54) is 19.1 Å². The number of carboxylic acids is 1. The van der Waals surface area contributed by atoms with Crippen molar-refractivity contribution in [3.8, 4) is 0 Å². The van der Waals surface area contributed by atoms with Crippen LogP contribution in [0.25, 0.3) is 0 Å². The van der Waals surface area contributed by atoms with Crippen LogP contribution < -0.4 is 0 Å². The number of hydrogen-bond donors (Lipinski definition) is 1. The number of rotatable bonds is 2. The number of ether oxygens (including phenoxy) is 1. The van der Waals surface area contributed by atoms with Crippen molar-refractivity contribution in [1.29, 1.82) is 0 Å². The van der Waals surface area contributed by atoms with Crippen LogP contribution in [0.15, 0.2) is 48.5 Å². The summed E-state index contributed by atoms with van der Waals surface area (Å²) in [6.45, 7) is 1.35. The van der Waals surface area contributed by atoms with Gasteiger partial charge in [0.25, 0.3) is 0 Å². The maximum Gasteiger partial charge on any atom is 0.346 e. The molecule has 0 amide bonds. The van der Waals surface area contributed by atoms with E-state index >= 15 is 0 Å². The van der Waals surface area contributed by atoms with Gasteiger partial charge in [-0.1, -0.05) is 30.3 Å². The average Bonchev–Trinajstić information content (AvgIpc) is 2.83. The van der Waals surface area contributed by atoms with Crippen molar-refractivity contribution in [3.05, 3.63) is 70.8 Å². The Bertz CT molecular complexity index is 740. The molecular formula is C17H12O6. The normalized spacial score (nSPS) is 11.9. The molecule has 0 atom stereocenters.